The number of carboxylic acids is 1. The number of furan rings is 1. The second-order valence-electron chi connectivity index (χ2n) is 6.75. The van der Waals surface area contributed by atoms with Gasteiger partial charge in [0.25, 0.3) is 0 Å². The number of halogens is 1. The van der Waals surface area contributed by atoms with Crippen LogP contribution in [0.2, 0.25) is 0 Å². The summed E-state index contributed by atoms with van der Waals surface area (Å²) in [7, 11) is 0. The van der Waals surface area contributed by atoms with E-state index in [9.17, 15) is 14.3 Å². The molecule has 0 aliphatic carbocycles. The third-order valence-electron chi connectivity index (χ3n) is 4.66. The van der Waals surface area contributed by atoms with Crippen LogP contribution >= 0.6 is 0 Å². The van der Waals surface area contributed by atoms with E-state index in [1.807, 2.05) is 18.2 Å². The molecule has 4 nitrogen and oxygen atoms in total. The third kappa shape index (κ3) is 3.51. The van der Waals surface area contributed by atoms with Crippen LogP contribution in [0.4, 0.5) is 4.39 Å². The second-order valence-corrected chi connectivity index (χ2v) is 6.75. The van der Waals surface area contributed by atoms with Gasteiger partial charge >= 0.3 is 5.97 Å². The van der Waals surface area contributed by atoms with Crippen LogP contribution in [0, 0.1) is 24.6 Å². The van der Waals surface area contributed by atoms with Gasteiger partial charge in [-0.25, -0.2) is 4.39 Å². The topological polar surface area (TPSA) is 53.7 Å². The second kappa shape index (κ2) is 6.77. The predicted octanol–water partition coefficient (Wildman–Crippen LogP) is 3.94. The molecule has 0 bridgehead atoms. The maximum atomic E-state index is 13.7. The van der Waals surface area contributed by atoms with Crippen molar-refractivity contribution in [3.05, 3.63) is 47.5 Å². The van der Waals surface area contributed by atoms with Crippen LogP contribution in [0.25, 0.3) is 11.3 Å². The standard InChI is InChI=1S/C19H22FNO3/c1-12-8-14(19(22)23)10-21(9-12)11-15-6-7-18(24-15)16-4-3-5-17(20)13(16)2/h3-7,12,14H,8-11H2,1-2H3,(H,22,23). The van der Waals surface area contributed by atoms with Crippen molar-refractivity contribution in [3.63, 3.8) is 0 Å². The highest BCUT2D eigenvalue weighted by Crippen LogP contribution is 2.29. The molecule has 5 heteroatoms. The smallest absolute Gasteiger partial charge is 0.307 e. The molecule has 0 spiro atoms. The van der Waals surface area contributed by atoms with Crippen molar-refractivity contribution >= 4 is 5.97 Å². The molecule has 2 unspecified atom stereocenters. The Labute approximate surface area is 140 Å². The molecule has 1 aromatic carbocycles. The molecule has 1 N–H and O–H groups in total. The van der Waals surface area contributed by atoms with Gasteiger partial charge in [-0.1, -0.05) is 19.1 Å². The monoisotopic (exact) mass is 331 g/mol. The Hall–Kier alpha value is -2.14. The van der Waals surface area contributed by atoms with Crippen LogP contribution in [0.5, 0.6) is 0 Å². The Bertz CT molecular complexity index is 740. The van der Waals surface area contributed by atoms with E-state index in [4.69, 9.17) is 4.42 Å². The number of nitrogens with zero attached hydrogens (tertiary/aromatic N) is 1. The molecule has 128 valence electrons. The lowest BCUT2D eigenvalue weighted by Crippen LogP contribution is -2.41. The van der Waals surface area contributed by atoms with Gasteiger partial charge in [-0.15, -0.1) is 0 Å². The number of likely N-dealkylation sites (tertiary alicyclic amines) is 1. The first-order valence-corrected chi connectivity index (χ1v) is 8.23. The van der Waals surface area contributed by atoms with Gasteiger partial charge in [-0.05, 0) is 43.0 Å². The summed E-state index contributed by atoms with van der Waals surface area (Å²) < 4.78 is 19.6. The molecular weight excluding hydrogens is 309 g/mol. The molecular formula is C19H22FNO3. The van der Waals surface area contributed by atoms with Crippen molar-refractivity contribution < 1.29 is 18.7 Å². The van der Waals surface area contributed by atoms with Crippen LogP contribution in [0.1, 0.15) is 24.7 Å². The van der Waals surface area contributed by atoms with Crippen LogP contribution in [0.15, 0.2) is 34.7 Å². The predicted molar refractivity (Wildman–Crippen MR) is 89.0 cm³/mol. The SMILES string of the molecule is Cc1c(F)cccc1-c1ccc(CN2CC(C)CC(C(=O)O)C2)o1. The van der Waals surface area contributed by atoms with Crippen molar-refractivity contribution in [3.8, 4) is 11.3 Å². The van der Waals surface area contributed by atoms with E-state index in [2.05, 4.69) is 11.8 Å². The molecule has 1 aliphatic rings. The first kappa shape index (κ1) is 16.7. The number of carbonyl (C=O) groups is 1. The van der Waals surface area contributed by atoms with Gasteiger partial charge in [0.2, 0.25) is 0 Å². The van der Waals surface area contributed by atoms with Crippen molar-refractivity contribution in [1.29, 1.82) is 0 Å². The van der Waals surface area contributed by atoms with E-state index < -0.39 is 5.97 Å². The fourth-order valence-electron chi connectivity index (χ4n) is 3.47. The zero-order valence-corrected chi connectivity index (χ0v) is 14.0. The van der Waals surface area contributed by atoms with Crippen LogP contribution < -0.4 is 0 Å². The van der Waals surface area contributed by atoms with Crippen LogP contribution in [-0.2, 0) is 11.3 Å². The summed E-state index contributed by atoms with van der Waals surface area (Å²) in [4.78, 5) is 13.4. The van der Waals surface area contributed by atoms with Crippen molar-refractivity contribution in [1.82, 2.24) is 4.90 Å². The van der Waals surface area contributed by atoms with Crippen molar-refractivity contribution in [2.45, 2.75) is 26.8 Å². The molecule has 2 heterocycles. The number of carboxylic acid groups (broad SMARTS) is 1. The van der Waals surface area contributed by atoms with Gasteiger partial charge in [-0.3, -0.25) is 9.69 Å². The van der Waals surface area contributed by atoms with Crippen molar-refractivity contribution in [2.24, 2.45) is 11.8 Å². The summed E-state index contributed by atoms with van der Waals surface area (Å²) in [5.74, 6) is 0.448. The number of benzene rings is 1. The van der Waals surface area contributed by atoms with Crippen molar-refractivity contribution in [2.75, 3.05) is 13.1 Å². The summed E-state index contributed by atoms with van der Waals surface area (Å²) in [5, 5.41) is 9.26. The van der Waals surface area contributed by atoms with Gasteiger partial charge < -0.3 is 9.52 Å². The molecule has 24 heavy (non-hydrogen) atoms. The zero-order valence-electron chi connectivity index (χ0n) is 14.0. The molecule has 1 aliphatic heterocycles. The molecule has 2 aromatic rings. The first-order chi connectivity index (χ1) is 11.4. The van der Waals surface area contributed by atoms with E-state index in [0.29, 0.717) is 30.3 Å². The molecule has 2 atom stereocenters. The third-order valence-corrected chi connectivity index (χ3v) is 4.66. The fourth-order valence-corrected chi connectivity index (χ4v) is 3.47. The van der Waals surface area contributed by atoms with E-state index >= 15 is 0 Å². The van der Waals surface area contributed by atoms with Gasteiger partial charge in [0.15, 0.2) is 0 Å². The van der Waals surface area contributed by atoms with Crippen LogP contribution in [0.3, 0.4) is 0 Å². The fraction of sp³-hybridized carbons (Fsp3) is 0.421. The molecule has 0 radical (unpaired) electrons. The number of rotatable bonds is 4. The van der Waals surface area contributed by atoms with Gasteiger partial charge in [-0.2, -0.15) is 0 Å². The summed E-state index contributed by atoms with van der Waals surface area (Å²) in [6.07, 6.45) is 0.720. The lowest BCUT2D eigenvalue weighted by Gasteiger charge is -2.34. The maximum Gasteiger partial charge on any atom is 0.307 e. The van der Waals surface area contributed by atoms with Crippen LogP contribution in [-0.4, -0.2) is 29.1 Å². The summed E-state index contributed by atoms with van der Waals surface area (Å²) in [6.45, 7) is 5.78. The number of hydrogen-bond donors (Lipinski definition) is 1. The zero-order chi connectivity index (χ0) is 17.3. The molecule has 1 saturated heterocycles. The molecule has 0 saturated carbocycles. The number of piperidine rings is 1. The molecule has 1 aromatic heterocycles. The summed E-state index contributed by atoms with van der Waals surface area (Å²) in [6, 6.07) is 8.67. The lowest BCUT2D eigenvalue weighted by atomic mass is 9.90. The average Bonchev–Trinajstić information content (AvgIpc) is 2.97. The van der Waals surface area contributed by atoms with E-state index in [-0.39, 0.29) is 11.7 Å². The molecule has 0 amide bonds. The normalized spacial score (nSPS) is 21.8. The highest BCUT2D eigenvalue weighted by Gasteiger charge is 2.29. The number of hydrogen-bond acceptors (Lipinski definition) is 3. The molecule has 1 fully saturated rings. The van der Waals surface area contributed by atoms with Gasteiger partial charge in [0.05, 0.1) is 12.5 Å². The lowest BCUT2D eigenvalue weighted by molar-refractivity contribution is -0.144. The highest BCUT2D eigenvalue weighted by atomic mass is 19.1. The van der Waals surface area contributed by atoms with E-state index in [0.717, 1.165) is 24.3 Å². The Balaban J connectivity index is 1.74. The Morgan fingerprint density at radius 2 is 2.12 bits per heavy atom. The van der Waals surface area contributed by atoms with Gasteiger partial charge in [0.1, 0.15) is 17.3 Å². The van der Waals surface area contributed by atoms with Gasteiger partial charge in [0, 0.05) is 18.7 Å². The highest BCUT2D eigenvalue weighted by molar-refractivity contribution is 5.70. The minimum atomic E-state index is -0.734. The Morgan fingerprint density at radius 3 is 2.88 bits per heavy atom. The Kier molecular flexibility index (Phi) is 4.71. The largest absolute Gasteiger partial charge is 0.481 e. The summed E-state index contributed by atoms with van der Waals surface area (Å²) >= 11 is 0. The average molecular weight is 331 g/mol. The Morgan fingerprint density at radius 1 is 1.33 bits per heavy atom. The number of aliphatic carboxylic acids is 1. The maximum absolute atomic E-state index is 13.7. The minimum absolute atomic E-state index is 0.250. The minimum Gasteiger partial charge on any atom is -0.481 e. The van der Waals surface area contributed by atoms with E-state index in [1.165, 1.54) is 6.07 Å². The van der Waals surface area contributed by atoms with E-state index in [1.54, 1.807) is 13.0 Å². The quantitative estimate of drug-likeness (QED) is 0.922. The summed E-state index contributed by atoms with van der Waals surface area (Å²) in [5.41, 5.74) is 1.31. The molecule has 3 rings (SSSR count). The first-order valence-electron chi connectivity index (χ1n) is 8.23.